The van der Waals surface area contributed by atoms with Crippen molar-refractivity contribution in [3.05, 3.63) is 77.1 Å². The van der Waals surface area contributed by atoms with Gasteiger partial charge in [-0.3, -0.25) is 14.3 Å². The predicted octanol–water partition coefficient (Wildman–Crippen LogP) is 4.19. The average molecular weight is 395 g/mol. The van der Waals surface area contributed by atoms with Crippen LogP contribution in [-0.2, 0) is 11.3 Å². The number of hydrogen-bond acceptors (Lipinski definition) is 3. The molecule has 0 unspecified atom stereocenters. The summed E-state index contributed by atoms with van der Waals surface area (Å²) in [6, 6.07) is 14.6. The van der Waals surface area contributed by atoms with Gasteiger partial charge in [-0.15, -0.1) is 0 Å². The highest BCUT2D eigenvalue weighted by Gasteiger charge is 2.29. The van der Waals surface area contributed by atoms with Crippen LogP contribution in [0.1, 0.15) is 28.8 Å². The summed E-state index contributed by atoms with van der Waals surface area (Å²) in [6.45, 7) is 0.482. The number of anilines is 2. The van der Waals surface area contributed by atoms with E-state index in [0.717, 1.165) is 18.4 Å². The van der Waals surface area contributed by atoms with Crippen molar-refractivity contribution in [3.63, 3.8) is 0 Å². The van der Waals surface area contributed by atoms with E-state index in [-0.39, 0.29) is 17.7 Å². The zero-order valence-corrected chi connectivity index (χ0v) is 15.8. The Balaban J connectivity index is 1.40. The van der Waals surface area contributed by atoms with E-state index in [0.29, 0.717) is 28.5 Å². The van der Waals surface area contributed by atoms with Crippen LogP contribution in [0.15, 0.2) is 60.9 Å². The van der Waals surface area contributed by atoms with Crippen molar-refractivity contribution >= 4 is 34.8 Å². The van der Waals surface area contributed by atoms with E-state index in [1.54, 1.807) is 35.1 Å². The molecule has 0 radical (unpaired) electrons. The lowest BCUT2D eigenvalue weighted by Gasteiger charge is -2.08. The minimum atomic E-state index is -0.268. The van der Waals surface area contributed by atoms with Gasteiger partial charge in [0.1, 0.15) is 0 Å². The largest absolute Gasteiger partial charge is 0.326 e. The van der Waals surface area contributed by atoms with E-state index < -0.39 is 0 Å². The fraction of sp³-hybridized carbons (Fsp3) is 0.190. The summed E-state index contributed by atoms with van der Waals surface area (Å²) in [5.41, 5.74) is 2.65. The molecule has 2 N–H and O–H groups in total. The molecular formula is C21H19ClN4O2. The van der Waals surface area contributed by atoms with Crippen LogP contribution >= 0.6 is 11.6 Å². The van der Waals surface area contributed by atoms with Crippen molar-refractivity contribution in [2.24, 2.45) is 5.92 Å². The van der Waals surface area contributed by atoms with E-state index >= 15 is 0 Å². The second-order valence-corrected chi connectivity index (χ2v) is 7.22. The summed E-state index contributed by atoms with van der Waals surface area (Å²) in [6.07, 6.45) is 5.09. The molecule has 2 amide bonds. The number of aromatic nitrogens is 2. The van der Waals surface area contributed by atoms with Gasteiger partial charge in [0.15, 0.2) is 0 Å². The second-order valence-electron chi connectivity index (χ2n) is 6.82. The summed E-state index contributed by atoms with van der Waals surface area (Å²) in [5, 5.41) is 10.6. The van der Waals surface area contributed by atoms with Crippen LogP contribution in [0.3, 0.4) is 0 Å². The first-order valence-corrected chi connectivity index (χ1v) is 9.44. The molecule has 1 fully saturated rings. The van der Waals surface area contributed by atoms with Crippen LogP contribution in [0, 0.1) is 5.92 Å². The normalized spacial score (nSPS) is 13.2. The van der Waals surface area contributed by atoms with E-state index in [4.69, 9.17) is 11.6 Å². The zero-order valence-electron chi connectivity index (χ0n) is 15.1. The first-order chi connectivity index (χ1) is 13.6. The van der Waals surface area contributed by atoms with Crippen molar-refractivity contribution in [2.45, 2.75) is 19.4 Å². The van der Waals surface area contributed by atoms with Crippen LogP contribution in [-0.4, -0.2) is 21.6 Å². The smallest absolute Gasteiger partial charge is 0.258 e. The Morgan fingerprint density at radius 1 is 1.07 bits per heavy atom. The van der Waals surface area contributed by atoms with Gasteiger partial charge < -0.3 is 10.6 Å². The van der Waals surface area contributed by atoms with Gasteiger partial charge in [0.2, 0.25) is 5.91 Å². The molecule has 1 aliphatic carbocycles. The molecule has 28 heavy (non-hydrogen) atoms. The SMILES string of the molecule is O=C(Nc1cccc(NC(=O)C2CC2)c1)c1cnn(Cc2ccccc2Cl)c1. The molecule has 142 valence electrons. The summed E-state index contributed by atoms with van der Waals surface area (Å²) >= 11 is 6.17. The molecule has 1 heterocycles. The van der Waals surface area contributed by atoms with Crippen LogP contribution in [0.5, 0.6) is 0 Å². The molecule has 4 rings (SSSR count). The number of halogens is 1. The van der Waals surface area contributed by atoms with Crippen LogP contribution < -0.4 is 10.6 Å². The Labute approximate surface area is 167 Å². The van der Waals surface area contributed by atoms with E-state index in [2.05, 4.69) is 15.7 Å². The highest BCUT2D eigenvalue weighted by atomic mass is 35.5. The maximum Gasteiger partial charge on any atom is 0.258 e. The van der Waals surface area contributed by atoms with Gasteiger partial charge in [-0.1, -0.05) is 35.9 Å². The third-order valence-corrected chi connectivity index (χ3v) is 4.89. The lowest BCUT2D eigenvalue weighted by Crippen LogP contribution is -2.14. The lowest BCUT2D eigenvalue weighted by molar-refractivity contribution is -0.117. The number of benzene rings is 2. The Kier molecular flexibility index (Phi) is 5.12. The van der Waals surface area contributed by atoms with Crippen molar-refractivity contribution in [3.8, 4) is 0 Å². The molecule has 0 aliphatic heterocycles. The fourth-order valence-corrected chi connectivity index (χ4v) is 3.03. The average Bonchev–Trinajstić information content (AvgIpc) is 3.43. The minimum absolute atomic E-state index is 0.0318. The summed E-state index contributed by atoms with van der Waals surface area (Å²) in [7, 11) is 0. The molecule has 0 saturated heterocycles. The van der Waals surface area contributed by atoms with Crippen molar-refractivity contribution in [1.82, 2.24) is 9.78 Å². The molecule has 1 aliphatic rings. The number of carbonyl (C=O) groups is 2. The van der Waals surface area contributed by atoms with Gasteiger partial charge in [0.05, 0.1) is 18.3 Å². The number of amides is 2. The summed E-state index contributed by atoms with van der Waals surface area (Å²) in [4.78, 5) is 24.4. The molecule has 7 heteroatoms. The monoisotopic (exact) mass is 394 g/mol. The van der Waals surface area contributed by atoms with Gasteiger partial charge in [-0.25, -0.2) is 0 Å². The summed E-state index contributed by atoms with van der Waals surface area (Å²) in [5.74, 6) is -0.109. The van der Waals surface area contributed by atoms with Crippen molar-refractivity contribution in [2.75, 3.05) is 10.6 Å². The molecule has 1 aromatic heterocycles. The van der Waals surface area contributed by atoms with Gasteiger partial charge in [0.25, 0.3) is 5.91 Å². The third-order valence-electron chi connectivity index (χ3n) is 4.52. The van der Waals surface area contributed by atoms with Gasteiger partial charge in [-0.2, -0.15) is 5.10 Å². The van der Waals surface area contributed by atoms with Crippen molar-refractivity contribution in [1.29, 1.82) is 0 Å². The van der Waals surface area contributed by atoms with E-state index in [1.165, 1.54) is 6.20 Å². The molecule has 1 saturated carbocycles. The Morgan fingerprint density at radius 2 is 1.82 bits per heavy atom. The van der Waals surface area contributed by atoms with E-state index in [9.17, 15) is 9.59 Å². The van der Waals surface area contributed by atoms with Crippen LogP contribution in [0.4, 0.5) is 11.4 Å². The standard InChI is InChI=1S/C21H19ClN4O2/c22-19-7-2-1-4-15(19)12-26-13-16(11-23-26)21(28)25-18-6-3-5-17(10-18)24-20(27)14-8-9-14/h1-7,10-11,13-14H,8-9,12H2,(H,24,27)(H,25,28). The van der Waals surface area contributed by atoms with Crippen molar-refractivity contribution < 1.29 is 9.59 Å². The number of rotatable bonds is 6. The minimum Gasteiger partial charge on any atom is -0.326 e. The van der Waals surface area contributed by atoms with Crippen LogP contribution in [0.25, 0.3) is 0 Å². The first-order valence-electron chi connectivity index (χ1n) is 9.06. The number of nitrogens with zero attached hydrogens (tertiary/aromatic N) is 2. The number of nitrogens with one attached hydrogen (secondary N) is 2. The highest BCUT2D eigenvalue weighted by Crippen LogP contribution is 2.30. The lowest BCUT2D eigenvalue weighted by atomic mass is 10.2. The molecule has 0 bridgehead atoms. The molecule has 0 spiro atoms. The Bertz CT molecular complexity index is 1030. The fourth-order valence-electron chi connectivity index (χ4n) is 2.84. The predicted molar refractivity (Wildman–Crippen MR) is 109 cm³/mol. The second kappa shape index (κ2) is 7.86. The zero-order chi connectivity index (χ0) is 19.5. The molecular weight excluding hydrogens is 376 g/mol. The molecule has 6 nitrogen and oxygen atoms in total. The van der Waals surface area contributed by atoms with Gasteiger partial charge >= 0.3 is 0 Å². The maximum atomic E-state index is 12.5. The quantitative estimate of drug-likeness (QED) is 0.658. The van der Waals surface area contributed by atoms with E-state index in [1.807, 2.05) is 24.3 Å². The Hall–Kier alpha value is -3.12. The Morgan fingerprint density at radius 3 is 2.57 bits per heavy atom. The molecule has 2 aromatic carbocycles. The number of carbonyl (C=O) groups excluding carboxylic acids is 2. The van der Waals surface area contributed by atoms with Crippen LogP contribution in [0.2, 0.25) is 5.02 Å². The first kappa shape index (κ1) is 18.3. The maximum absolute atomic E-state index is 12.5. The number of hydrogen-bond donors (Lipinski definition) is 2. The van der Waals surface area contributed by atoms with Gasteiger partial charge in [0, 0.05) is 28.5 Å². The topological polar surface area (TPSA) is 76.0 Å². The molecule has 0 atom stereocenters. The summed E-state index contributed by atoms with van der Waals surface area (Å²) < 4.78 is 1.67. The van der Waals surface area contributed by atoms with Gasteiger partial charge in [-0.05, 0) is 42.7 Å². The highest BCUT2D eigenvalue weighted by molar-refractivity contribution is 6.31. The third kappa shape index (κ3) is 4.40. The molecule has 3 aromatic rings.